The van der Waals surface area contributed by atoms with Crippen LogP contribution in [0.15, 0.2) is 0 Å². The molecule has 1 amide bonds. The van der Waals surface area contributed by atoms with E-state index in [4.69, 9.17) is 0 Å². The predicted octanol–water partition coefficient (Wildman–Crippen LogP) is 3.10. The summed E-state index contributed by atoms with van der Waals surface area (Å²) in [7, 11) is 0. The van der Waals surface area contributed by atoms with E-state index < -0.39 is 0 Å². The maximum absolute atomic E-state index is 11.8. The quantitative estimate of drug-likeness (QED) is 0.768. The Morgan fingerprint density at radius 3 is 2.80 bits per heavy atom. The Kier molecular flexibility index (Phi) is 5.65. The van der Waals surface area contributed by atoms with Crippen LogP contribution >= 0.6 is 15.9 Å². The maximum atomic E-state index is 11.8. The molecule has 2 nitrogen and oxygen atoms in total. The van der Waals surface area contributed by atoms with E-state index in [1.54, 1.807) is 0 Å². The minimum Gasteiger partial charge on any atom is -0.356 e. The summed E-state index contributed by atoms with van der Waals surface area (Å²) in [6, 6.07) is 0. The van der Waals surface area contributed by atoms with Gasteiger partial charge in [0.05, 0.1) is 0 Å². The second-order valence-corrected chi connectivity index (χ2v) is 5.89. The predicted molar refractivity (Wildman–Crippen MR) is 67.1 cm³/mol. The number of carbonyl (C=O) groups is 1. The molecule has 3 atom stereocenters. The van der Waals surface area contributed by atoms with Crippen molar-refractivity contribution < 1.29 is 4.79 Å². The second kappa shape index (κ2) is 6.51. The third kappa shape index (κ3) is 4.13. The van der Waals surface area contributed by atoms with Crippen molar-refractivity contribution in [2.24, 2.45) is 11.8 Å². The number of rotatable bonds is 5. The van der Waals surface area contributed by atoms with Crippen molar-refractivity contribution in [3.8, 4) is 0 Å². The highest BCUT2D eigenvalue weighted by atomic mass is 79.9. The minimum atomic E-state index is 0.274. The fourth-order valence-corrected chi connectivity index (χ4v) is 2.45. The number of hydrogen-bond donors (Lipinski definition) is 1. The highest BCUT2D eigenvalue weighted by molar-refractivity contribution is 9.09. The van der Waals surface area contributed by atoms with E-state index in [0.717, 1.165) is 25.8 Å². The summed E-state index contributed by atoms with van der Waals surface area (Å²) in [5, 5.41) is 3.05. The lowest BCUT2D eigenvalue weighted by Gasteiger charge is -2.15. The molecule has 15 heavy (non-hydrogen) atoms. The second-order valence-electron chi connectivity index (χ2n) is 4.60. The fourth-order valence-electron chi connectivity index (χ4n) is 2.22. The third-order valence-electron chi connectivity index (χ3n) is 3.40. The van der Waals surface area contributed by atoms with E-state index in [2.05, 4.69) is 35.1 Å². The summed E-state index contributed by atoms with van der Waals surface area (Å²) in [5.41, 5.74) is 0. The Balaban J connectivity index is 2.18. The van der Waals surface area contributed by atoms with Crippen LogP contribution in [0.25, 0.3) is 0 Å². The molecule has 0 heterocycles. The standard InChI is InChI=1S/C12H22BrNO/c1-3-10(13)7-8-14-12(15)11-6-4-5-9(11)2/h9-11H,3-8H2,1-2H3,(H,14,15). The van der Waals surface area contributed by atoms with E-state index in [0.29, 0.717) is 10.7 Å². The topological polar surface area (TPSA) is 29.1 Å². The molecule has 0 aromatic rings. The molecule has 0 aliphatic heterocycles. The average Bonchev–Trinajstić information content (AvgIpc) is 2.64. The van der Waals surface area contributed by atoms with Gasteiger partial charge < -0.3 is 5.32 Å². The van der Waals surface area contributed by atoms with Crippen molar-refractivity contribution in [3.05, 3.63) is 0 Å². The first-order valence-electron chi connectivity index (χ1n) is 6.07. The molecule has 1 fully saturated rings. The minimum absolute atomic E-state index is 0.274. The van der Waals surface area contributed by atoms with Crippen LogP contribution in [0, 0.1) is 11.8 Å². The normalized spacial score (nSPS) is 27.7. The van der Waals surface area contributed by atoms with Gasteiger partial charge in [-0.1, -0.05) is 36.2 Å². The van der Waals surface area contributed by atoms with Crippen LogP contribution in [-0.2, 0) is 4.79 Å². The number of hydrogen-bond acceptors (Lipinski definition) is 1. The van der Waals surface area contributed by atoms with Gasteiger partial charge in [0.15, 0.2) is 0 Å². The van der Waals surface area contributed by atoms with Crippen LogP contribution in [0.3, 0.4) is 0 Å². The molecule has 0 radical (unpaired) electrons. The van der Waals surface area contributed by atoms with Gasteiger partial charge in [0.25, 0.3) is 0 Å². The first kappa shape index (κ1) is 13.0. The van der Waals surface area contributed by atoms with Crippen LogP contribution in [0.5, 0.6) is 0 Å². The summed E-state index contributed by atoms with van der Waals surface area (Å²) >= 11 is 3.57. The van der Waals surface area contributed by atoms with Crippen LogP contribution in [0.4, 0.5) is 0 Å². The highest BCUT2D eigenvalue weighted by Crippen LogP contribution is 2.31. The molecule has 1 N–H and O–H groups in total. The first-order chi connectivity index (χ1) is 7.15. The Bertz CT molecular complexity index is 208. The fraction of sp³-hybridized carbons (Fsp3) is 0.917. The van der Waals surface area contributed by atoms with Gasteiger partial charge >= 0.3 is 0 Å². The van der Waals surface area contributed by atoms with Gasteiger partial charge in [0, 0.05) is 17.3 Å². The Morgan fingerprint density at radius 1 is 1.53 bits per heavy atom. The summed E-state index contributed by atoms with van der Waals surface area (Å²) in [6.07, 6.45) is 5.67. The summed E-state index contributed by atoms with van der Waals surface area (Å²) in [6.45, 7) is 5.16. The third-order valence-corrected chi connectivity index (χ3v) is 4.50. The SMILES string of the molecule is CCC(Br)CCNC(=O)C1CCCC1C. The van der Waals surface area contributed by atoms with Crippen LogP contribution in [-0.4, -0.2) is 17.3 Å². The molecule has 1 aliphatic carbocycles. The number of carbonyl (C=O) groups excluding carboxylic acids is 1. The van der Waals surface area contributed by atoms with Crippen molar-refractivity contribution in [1.82, 2.24) is 5.32 Å². The first-order valence-corrected chi connectivity index (χ1v) is 6.98. The molecule has 0 spiro atoms. The number of alkyl halides is 1. The molecule has 1 aliphatic rings. The molecular weight excluding hydrogens is 254 g/mol. The Hall–Kier alpha value is -0.0500. The maximum Gasteiger partial charge on any atom is 0.223 e. The Morgan fingerprint density at radius 2 is 2.27 bits per heavy atom. The van der Waals surface area contributed by atoms with Crippen LogP contribution < -0.4 is 5.32 Å². The van der Waals surface area contributed by atoms with Gasteiger partial charge in [-0.25, -0.2) is 0 Å². The van der Waals surface area contributed by atoms with E-state index in [1.165, 1.54) is 12.8 Å². The van der Waals surface area contributed by atoms with E-state index in [-0.39, 0.29) is 11.8 Å². The molecule has 0 saturated heterocycles. The zero-order valence-corrected chi connectivity index (χ0v) is 11.3. The molecule has 0 aromatic heterocycles. The van der Waals surface area contributed by atoms with Gasteiger partial charge in [-0.05, 0) is 31.6 Å². The summed E-state index contributed by atoms with van der Waals surface area (Å²) < 4.78 is 0. The van der Waals surface area contributed by atoms with Crippen LogP contribution in [0.2, 0.25) is 0 Å². The van der Waals surface area contributed by atoms with Crippen molar-refractivity contribution in [2.45, 2.75) is 50.8 Å². The van der Waals surface area contributed by atoms with Gasteiger partial charge in [-0.3, -0.25) is 4.79 Å². The molecule has 3 heteroatoms. The van der Waals surface area contributed by atoms with Crippen LogP contribution in [0.1, 0.15) is 46.0 Å². The molecule has 88 valence electrons. The highest BCUT2D eigenvalue weighted by Gasteiger charge is 2.29. The van der Waals surface area contributed by atoms with Gasteiger partial charge in [0.2, 0.25) is 5.91 Å². The molecule has 1 saturated carbocycles. The molecule has 3 unspecified atom stereocenters. The van der Waals surface area contributed by atoms with Crippen molar-refractivity contribution >= 4 is 21.8 Å². The van der Waals surface area contributed by atoms with Crippen molar-refractivity contribution in [3.63, 3.8) is 0 Å². The largest absolute Gasteiger partial charge is 0.356 e. The molecule has 0 bridgehead atoms. The zero-order valence-electron chi connectivity index (χ0n) is 9.76. The van der Waals surface area contributed by atoms with E-state index >= 15 is 0 Å². The number of nitrogens with one attached hydrogen (secondary N) is 1. The number of halogens is 1. The van der Waals surface area contributed by atoms with Crippen molar-refractivity contribution in [1.29, 1.82) is 0 Å². The van der Waals surface area contributed by atoms with Gasteiger partial charge in [-0.2, -0.15) is 0 Å². The lowest BCUT2D eigenvalue weighted by Crippen LogP contribution is -2.33. The van der Waals surface area contributed by atoms with Gasteiger partial charge in [-0.15, -0.1) is 0 Å². The smallest absolute Gasteiger partial charge is 0.223 e. The average molecular weight is 276 g/mol. The molecule has 1 rings (SSSR count). The lowest BCUT2D eigenvalue weighted by atomic mass is 9.97. The summed E-state index contributed by atoms with van der Waals surface area (Å²) in [5.74, 6) is 1.13. The van der Waals surface area contributed by atoms with E-state index in [1.807, 2.05) is 0 Å². The zero-order chi connectivity index (χ0) is 11.3. The number of amides is 1. The summed E-state index contributed by atoms with van der Waals surface area (Å²) in [4.78, 5) is 12.3. The molecular formula is C12H22BrNO. The molecule has 0 aromatic carbocycles. The lowest BCUT2D eigenvalue weighted by molar-refractivity contribution is -0.125. The van der Waals surface area contributed by atoms with Crippen molar-refractivity contribution in [2.75, 3.05) is 6.54 Å². The van der Waals surface area contributed by atoms with Gasteiger partial charge in [0.1, 0.15) is 0 Å². The Labute approximate surface area is 101 Å². The van der Waals surface area contributed by atoms with E-state index in [9.17, 15) is 4.79 Å². The monoisotopic (exact) mass is 275 g/mol.